The predicted molar refractivity (Wildman–Crippen MR) is 79.0 cm³/mol. The Morgan fingerprint density at radius 2 is 1.72 bits per heavy atom. The van der Waals surface area contributed by atoms with Gasteiger partial charge >= 0.3 is 0 Å². The van der Waals surface area contributed by atoms with Gasteiger partial charge in [0.1, 0.15) is 0 Å². The van der Waals surface area contributed by atoms with Crippen LogP contribution in [-0.4, -0.2) is 24.5 Å². The average molecular weight is 243 g/mol. The molecule has 0 saturated heterocycles. The van der Waals surface area contributed by atoms with Crippen LogP contribution < -0.4 is 0 Å². The van der Waals surface area contributed by atoms with Crippen molar-refractivity contribution in [3.05, 3.63) is 47.5 Å². The van der Waals surface area contributed by atoms with Gasteiger partial charge in [0.25, 0.3) is 0 Å². The van der Waals surface area contributed by atoms with Crippen molar-refractivity contribution in [1.82, 2.24) is 4.90 Å². The van der Waals surface area contributed by atoms with Gasteiger partial charge in [0.15, 0.2) is 0 Å². The fourth-order valence-corrected chi connectivity index (χ4v) is 2.71. The summed E-state index contributed by atoms with van der Waals surface area (Å²) in [6.07, 6.45) is 2.55. The van der Waals surface area contributed by atoms with Gasteiger partial charge in [-0.15, -0.1) is 0 Å². The largest absolute Gasteiger partial charge is 0.300 e. The van der Waals surface area contributed by atoms with Crippen LogP contribution in [0.2, 0.25) is 0 Å². The lowest BCUT2D eigenvalue weighted by Gasteiger charge is -2.25. The van der Waals surface area contributed by atoms with Crippen molar-refractivity contribution >= 4 is 0 Å². The van der Waals surface area contributed by atoms with Crippen LogP contribution in [0.4, 0.5) is 0 Å². The molecule has 1 heteroatoms. The van der Waals surface area contributed by atoms with Crippen LogP contribution in [0.25, 0.3) is 0 Å². The van der Waals surface area contributed by atoms with Crippen LogP contribution >= 0.6 is 0 Å². The highest BCUT2D eigenvalue weighted by Crippen LogP contribution is 2.53. The highest BCUT2D eigenvalue weighted by molar-refractivity contribution is 5.43. The lowest BCUT2D eigenvalue weighted by Crippen LogP contribution is -2.28. The Kier molecular flexibility index (Phi) is 3.91. The van der Waals surface area contributed by atoms with Gasteiger partial charge in [-0.25, -0.2) is 0 Å². The Balaban J connectivity index is 2.11. The quantitative estimate of drug-likeness (QED) is 0.684. The molecule has 1 fully saturated rings. The van der Waals surface area contributed by atoms with E-state index < -0.39 is 0 Å². The van der Waals surface area contributed by atoms with E-state index in [-0.39, 0.29) is 5.41 Å². The summed E-state index contributed by atoms with van der Waals surface area (Å²) in [5.74, 6) is 0. The second kappa shape index (κ2) is 5.27. The summed E-state index contributed by atoms with van der Waals surface area (Å²) in [6, 6.07) is 9.02. The maximum Gasteiger partial charge on any atom is 0.0198 e. The molecule has 0 aromatic heterocycles. The summed E-state index contributed by atoms with van der Waals surface area (Å²) < 4.78 is 0. The van der Waals surface area contributed by atoms with Gasteiger partial charge in [-0.1, -0.05) is 55.8 Å². The molecule has 2 rings (SSSR count). The first kappa shape index (κ1) is 13.4. The van der Waals surface area contributed by atoms with E-state index in [1.165, 1.54) is 29.5 Å². The molecule has 1 aliphatic rings. The van der Waals surface area contributed by atoms with E-state index in [9.17, 15) is 0 Å². The number of hydrogen-bond donors (Lipinski definition) is 0. The Morgan fingerprint density at radius 3 is 2.17 bits per heavy atom. The summed E-state index contributed by atoms with van der Waals surface area (Å²) in [5, 5.41) is 0. The molecule has 1 aromatic carbocycles. The van der Waals surface area contributed by atoms with E-state index in [1.54, 1.807) is 0 Å². The maximum atomic E-state index is 4.38. The number of rotatable bonds is 6. The van der Waals surface area contributed by atoms with Crippen LogP contribution in [0.1, 0.15) is 37.8 Å². The zero-order valence-electron chi connectivity index (χ0n) is 12.0. The van der Waals surface area contributed by atoms with Crippen molar-refractivity contribution in [3.63, 3.8) is 0 Å². The van der Waals surface area contributed by atoms with Crippen LogP contribution in [0, 0.1) is 6.92 Å². The van der Waals surface area contributed by atoms with E-state index in [4.69, 9.17) is 0 Å². The molecule has 0 radical (unpaired) electrons. The fourth-order valence-electron chi connectivity index (χ4n) is 2.71. The van der Waals surface area contributed by atoms with Crippen molar-refractivity contribution in [3.8, 4) is 0 Å². The van der Waals surface area contributed by atoms with Crippen molar-refractivity contribution in [2.75, 3.05) is 19.6 Å². The molecule has 0 heterocycles. The highest BCUT2D eigenvalue weighted by atomic mass is 15.1. The minimum absolute atomic E-state index is 0.288. The number of benzene rings is 1. The summed E-state index contributed by atoms with van der Waals surface area (Å²) >= 11 is 0. The number of aryl methyl sites for hydroxylation is 1. The van der Waals surface area contributed by atoms with Crippen molar-refractivity contribution in [2.45, 2.75) is 39.0 Å². The van der Waals surface area contributed by atoms with Gasteiger partial charge in [-0.2, -0.15) is 0 Å². The molecule has 1 nitrogen and oxygen atoms in total. The summed E-state index contributed by atoms with van der Waals surface area (Å²) in [6.45, 7) is 14.2. The predicted octanol–water partition coefficient (Wildman–Crippen LogP) is 3.92. The molecule has 0 spiro atoms. The standard InChI is InChI=1S/C17H25N/c1-5-18(6-2)13-15(4)17(11-12-17)16-9-7-14(3)8-10-16/h7-10H,4-6,11-13H2,1-3H3. The normalized spacial score (nSPS) is 16.9. The summed E-state index contributed by atoms with van der Waals surface area (Å²) in [4.78, 5) is 2.45. The monoisotopic (exact) mass is 243 g/mol. The Morgan fingerprint density at radius 1 is 1.17 bits per heavy atom. The molecule has 0 N–H and O–H groups in total. The molecule has 0 bridgehead atoms. The first-order valence-electron chi connectivity index (χ1n) is 7.10. The maximum absolute atomic E-state index is 4.38. The van der Waals surface area contributed by atoms with Crippen LogP contribution in [0.15, 0.2) is 36.4 Å². The third-order valence-corrected chi connectivity index (χ3v) is 4.34. The molecule has 0 aliphatic heterocycles. The summed E-state index contributed by atoms with van der Waals surface area (Å²) in [7, 11) is 0. The Hall–Kier alpha value is -1.08. The molecule has 1 aliphatic carbocycles. The molecule has 1 aromatic rings. The topological polar surface area (TPSA) is 3.24 Å². The van der Waals surface area contributed by atoms with Crippen molar-refractivity contribution < 1.29 is 0 Å². The molecule has 98 valence electrons. The van der Waals surface area contributed by atoms with Gasteiger partial charge in [0.05, 0.1) is 0 Å². The van der Waals surface area contributed by atoms with Crippen molar-refractivity contribution in [1.29, 1.82) is 0 Å². The minimum atomic E-state index is 0.288. The zero-order chi connectivity index (χ0) is 13.2. The Labute approximate surface area is 112 Å². The zero-order valence-corrected chi connectivity index (χ0v) is 12.0. The van der Waals surface area contributed by atoms with Gasteiger partial charge in [0, 0.05) is 12.0 Å². The first-order valence-corrected chi connectivity index (χ1v) is 7.10. The Bertz CT molecular complexity index is 408. The lowest BCUT2D eigenvalue weighted by molar-refractivity contribution is 0.323. The van der Waals surface area contributed by atoms with Crippen LogP contribution in [-0.2, 0) is 5.41 Å². The minimum Gasteiger partial charge on any atom is -0.300 e. The molecule has 18 heavy (non-hydrogen) atoms. The number of nitrogens with zero attached hydrogens (tertiary/aromatic N) is 1. The van der Waals surface area contributed by atoms with E-state index in [0.29, 0.717) is 0 Å². The molecular weight excluding hydrogens is 218 g/mol. The second-order valence-electron chi connectivity index (χ2n) is 5.51. The average Bonchev–Trinajstić information content (AvgIpc) is 3.18. The van der Waals surface area contributed by atoms with Crippen LogP contribution in [0.5, 0.6) is 0 Å². The van der Waals surface area contributed by atoms with Gasteiger partial charge in [-0.3, -0.25) is 4.90 Å². The molecule has 0 atom stereocenters. The van der Waals surface area contributed by atoms with E-state index in [2.05, 4.69) is 56.5 Å². The van der Waals surface area contributed by atoms with E-state index in [1.807, 2.05) is 0 Å². The van der Waals surface area contributed by atoms with Gasteiger partial charge in [0.2, 0.25) is 0 Å². The van der Waals surface area contributed by atoms with E-state index in [0.717, 1.165) is 19.6 Å². The van der Waals surface area contributed by atoms with E-state index >= 15 is 0 Å². The lowest BCUT2D eigenvalue weighted by atomic mass is 9.88. The first-order chi connectivity index (χ1) is 8.62. The molecule has 0 unspecified atom stereocenters. The van der Waals surface area contributed by atoms with Crippen LogP contribution in [0.3, 0.4) is 0 Å². The third kappa shape index (κ3) is 2.51. The van der Waals surface area contributed by atoms with Gasteiger partial charge in [-0.05, 0) is 38.4 Å². The summed E-state index contributed by atoms with van der Waals surface area (Å²) in [5.41, 5.74) is 4.49. The molecular formula is C17H25N. The SMILES string of the molecule is C=C(CN(CC)CC)C1(c2ccc(C)cc2)CC1. The van der Waals surface area contributed by atoms with Gasteiger partial charge < -0.3 is 0 Å². The third-order valence-electron chi connectivity index (χ3n) is 4.34. The second-order valence-corrected chi connectivity index (χ2v) is 5.51. The fraction of sp³-hybridized carbons (Fsp3) is 0.529. The smallest absolute Gasteiger partial charge is 0.0198 e. The van der Waals surface area contributed by atoms with Crippen molar-refractivity contribution in [2.24, 2.45) is 0 Å². The number of likely N-dealkylation sites (N-methyl/N-ethyl adjacent to an activating group) is 1. The molecule has 1 saturated carbocycles. The number of hydrogen-bond acceptors (Lipinski definition) is 1. The molecule has 0 amide bonds. The highest BCUT2D eigenvalue weighted by Gasteiger charge is 2.46.